The second-order valence-electron chi connectivity index (χ2n) is 8.91. The van der Waals surface area contributed by atoms with Gasteiger partial charge in [0.25, 0.3) is 0 Å². The highest BCUT2D eigenvalue weighted by molar-refractivity contribution is 5.24. The highest BCUT2D eigenvalue weighted by Crippen LogP contribution is 2.48. The molecule has 0 aliphatic carbocycles. The Hall–Kier alpha value is -0.640. The Morgan fingerprint density at radius 3 is 1.76 bits per heavy atom. The molecule has 16 heteroatoms. The predicted octanol–water partition coefficient (Wildman–Crippen LogP) is -8.79. The van der Waals surface area contributed by atoms with Crippen molar-refractivity contribution in [1.82, 2.24) is 0 Å². The van der Waals surface area contributed by atoms with E-state index in [9.17, 15) is 66.4 Å². The number of rotatable bonds is 5. The van der Waals surface area contributed by atoms with Crippen LogP contribution in [0.15, 0.2) is 0 Å². The maximum atomic E-state index is 11.6. The molecule has 3 saturated heterocycles. The third-order valence-electron chi connectivity index (χ3n) is 7.12. The number of hydrogen-bond donors (Lipinski definition) is 13. The van der Waals surface area contributed by atoms with Gasteiger partial charge in [-0.05, 0) is 0 Å². The first-order chi connectivity index (χ1) is 15.8. The SMILES string of the molecule is OC[C@H]1O[C@@H]([C@]2(O)CO[C@H](CO)[C@@](O)([C@@]3(O)[C@H](O)[C@@H](O)[C@@H](O)O[C@@H]3CO)[C@@H]2O)[C@H](O)[C@@H](O)[C@@H]1O. The van der Waals surface area contributed by atoms with E-state index in [1.807, 2.05) is 0 Å². The van der Waals surface area contributed by atoms with E-state index in [1.165, 1.54) is 0 Å². The van der Waals surface area contributed by atoms with E-state index < -0.39 is 111 Å². The van der Waals surface area contributed by atoms with Crippen LogP contribution in [0.25, 0.3) is 0 Å². The standard InChI is InChI=1S/C18H32O16/c19-1-5-8(22)9(23)10(24)13(33-5)16(29)4-32-6(2-20)18(31,15(16)28)17(30)7(3-21)34-14(27)11(25)12(17)26/h5-15,19-31H,1-4H2/t5-,6-,7-,8-,9+,10-,11-,12-,13-,14+,15-,16-,17+,18+/m1/s1. The van der Waals surface area contributed by atoms with Gasteiger partial charge >= 0.3 is 0 Å². The minimum atomic E-state index is -3.40. The Balaban J connectivity index is 2.11. The molecule has 0 radical (unpaired) electrons. The van der Waals surface area contributed by atoms with Crippen molar-refractivity contribution in [2.24, 2.45) is 0 Å². The smallest absolute Gasteiger partial charge is 0.184 e. The molecule has 16 nitrogen and oxygen atoms in total. The normalized spacial score (nSPS) is 56.9. The summed E-state index contributed by atoms with van der Waals surface area (Å²) in [6.07, 6.45) is -23.6. The summed E-state index contributed by atoms with van der Waals surface area (Å²) in [6, 6.07) is 0. The molecule has 0 unspecified atom stereocenters. The Kier molecular flexibility index (Phi) is 7.95. The first-order valence-corrected chi connectivity index (χ1v) is 10.5. The average molecular weight is 504 g/mol. The lowest BCUT2D eigenvalue weighted by molar-refractivity contribution is -0.415. The van der Waals surface area contributed by atoms with Crippen molar-refractivity contribution in [3.8, 4) is 0 Å². The molecule has 13 N–H and O–H groups in total. The van der Waals surface area contributed by atoms with Crippen molar-refractivity contribution in [2.45, 2.75) is 84.1 Å². The van der Waals surface area contributed by atoms with Crippen molar-refractivity contribution in [3.05, 3.63) is 0 Å². The quantitative estimate of drug-likeness (QED) is 0.165. The molecule has 3 aliphatic heterocycles. The Bertz CT molecular complexity index is 707. The van der Waals surface area contributed by atoms with Crippen LogP contribution in [0.5, 0.6) is 0 Å². The lowest BCUT2D eigenvalue weighted by Gasteiger charge is -2.62. The summed E-state index contributed by atoms with van der Waals surface area (Å²) < 4.78 is 15.3. The minimum Gasteiger partial charge on any atom is -0.394 e. The molecule has 3 heterocycles. The first-order valence-electron chi connectivity index (χ1n) is 10.5. The van der Waals surface area contributed by atoms with Gasteiger partial charge in [-0.3, -0.25) is 0 Å². The van der Waals surface area contributed by atoms with Gasteiger partial charge in [-0.15, -0.1) is 0 Å². The summed E-state index contributed by atoms with van der Waals surface area (Å²) in [6.45, 7) is -4.31. The molecule has 0 saturated carbocycles. The minimum absolute atomic E-state index is 0.912. The second kappa shape index (κ2) is 9.67. The van der Waals surface area contributed by atoms with E-state index >= 15 is 0 Å². The molecule has 200 valence electrons. The van der Waals surface area contributed by atoms with Gasteiger partial charge in [0.2, 0.25) is 0 Å². The predicted molar refractivity (Wildman–Crippen MR) is 101 cm³/mol. The number of hydrogen-bond acceptors (Lipinski definition) is 16. The van der Waals surface area contributed by atoms with Crippen LogP contribution >= 0.6 is 0 Å². The van der Waals surface area contributed by atoms with Gasteiger partial charge in [0, 0.05) is 0 Å². The van der Waals surface area contributed by atoms with Crippen molar-refractivity contribution in [3.63, 3.8) is 0 Å². The zero-order chi connectivity index (χ0) is 25.8. The number of ether oxygens (including phenoxy) is 3. The average Bonchev–Trinajstić information content (AvgIpc) is 2.82. The zero-order valence-electron chi connectivity index (χ0n) is 17.7. The summed E-state index contributed by atoms with van der Waals surface area (Å²) >= 11 is 0. The van der Waals surface area contributed by atoms with E-state index in [2.05, 4.69) is 0 Å². The zero-order valence-corrected chi connectivity index (χ0v) is 17.7. The maximum Gasteiger partial charge on any atom is 0.184 e. The fraction of sp³-hybridized carbons (Fsp3) is 1.00. The molecule has 14 atom stereocenters. The molecular weight excluding hydrogens is 472 g/mol. The molecular formula is C18H32O16. The molecule has 0 bridgehead atoms. The molecule has 3 fully saturated rings. The van der Waals surface area contributed by atoms with E-state index in [4.69, 9.17) is 14.2 Å². The van der Waals surface area contributed by atoms with Crippen LogP contribution in [0, 0.1) is 0 Å². The monoisotopic (exact) mass is 504 g/mol. The van der Waals surface area contributed by atoms with Crippen LogP contribution in [0.4, 0.5) is 0 Å². The Labute approximate surface area is 192 Å². The summed E-state index contributed by atoms with van der Waals surface area (Å²) in [5.41, 5.74) is -9.71. The molecule has 0 amide bonds. The maximum absolute atomic E-state index is 11.6. The van der Waals surface area contributed by atoms with Gasteiger partial charge in [-0.1, -0.05) is 0 Å². The topological polar surface area (TPSA) is 291 Å². The second-order valence-corrected chi connectivity index (χ2v) is 8.91. The van der Waals surface area contributed by atoms with Crippen LogP contribution in [0.1, 0.15) is 0 Å². The van der Waals surface area contributed by atoms with Crippen molar-refractivity contribution < 1.29 is 80.6 Å². The van der Waals surface area contributed by atoms with Gasteiger partial charge in [0.1, 0.15) is 66.6 Å². The fourth-order valence-corrected chi connectivity index (χ4v) is 5.05. The van der Waals surface area contributed by atoms with E-state index in [0.29, 0.717) is 0 Å². The van der Waals surface area contributed by atoms with Crippen LogP contribution in [0.2, 0.25) is 0 Å². The summed E-state index contributed by atoms with van der Waals surface area (Å²) in [4.78, 5) is 0. The van der Waals surface area contributed by atoms with Crippen molar-refractivity contribution in [2.75, 3.05) is 26.4 Å². The van der Waals surface area contributed by atoms with E-state index in [1.54, 1.807) is 0 Å². The molecule has 0 aromatic rings. The van der Waals surface area contributed by atoms with Gasteiger partial charge in [0.15, 0.2) is 17.5 Å². The Morgan fingerprint density at radius 2 is 1.24 bits per heavy atom. The molecule has 0 aromatic heterocycles. The highest BCUT2D eigenvalue weighted by Gasteiger charge is 2.76. The molecule has 3 aliphatic rings. The summed E-state index contributed by atoms with van der Waals surface area (Å²) in [5, 5.41) is 135. The van der Waals surface area contributed by atoms with Crippen LogP contribution in [0.3, 0.4) is 0 Å². The van der Waals surface area contributed by atoms with Gasteiger partial charge in [-0.2, -0.15) is 0 Å². The molecule has 0 spiro atoms. The lowest BCUT2D eigenvalue weighted by Crippen LogP contribution is -2.87. The lowest BCUT2D eigenvalue weighted by atomic mass is 9.60. The van der Waals surface area contributed by atoms with Crippen LogP contribution in [-0.4, -0.2) is 177 Å². The van der Waals surface area contributed by atoms with Crippen molar-refractivity contribution in [1.29, 1.82) is 0 Å². The van der Waals surface area contributed by atoms with E-state index in [0.717, 1.165) is 0 Å². The van der Waals surface area contributed by atoms with Gasteiger partial charge in [0.05, 0.1) is 26.4 Å². The van der Waals surface area contributed by atoms with Crippen LogP contribution in [-0.2, 0) is 14.2 Å². The van der Waals surface area contributed by atoms with Gasteiger partial charge < -0.3 is 80.6 Å². The largest absolute Gasteiger partial charge is 0.394 e. The summed E-state index contributed by atoms with van der Waals surface area (Å²) in [7, 11) is 0. The summed E-state index contributed by atoms with van der Waals surface area (Å²) in [5.74, 6) is 0. The molecule has 3 rings (SSSR count). The van der Waals surface area contributed by atoms with Gasteiger partial charge in [-0.25, -0.2) is 0 Å². The third kappa shape index (κ3) is 3.70. The van der Waals surface area contributed by atoms with Crippen molar-refractivity contribution >= 4 is 0 Å². The van der Waals surface area contributed by atoms with E-state index in [-0.39, 0.29) is 0 Å². The Morgan fingerprint density at radius 1 is 0.647 bits per heavy atom. The first kappa shape index (κ1) is 27.9. The van der Waals surface area contributed by atoms with Crippen LogP contribution < -0.4 is 0 Å². The highest BCUT2D eigenvalue weighted by atomic mass is 16.6. The third-order valence-corrected chi connectivity index (χ3v) is 7.12. The fourth-order valence-electron chi connectivity index (χ4n) is 5.05. The number of aliphatic hydroxyl groups excluding tert-OH is 10. The molecule has 0 aromatic carbocycles. The number of aliphatic hydroxyl groups is 13. The molecule has 34 heavy (non-hydrogen) atoms.